The molecule has 3 rings (SSSR count). The van der Waals surface area contributed by atoms with Crippen LogP contribution < -0.4 is 0 Å². The first kappa shape index (κ1) is 37.5. The summed E-state index contributed by atoms with van der Waals surface area (Å²) in [6.07, 6.45) is 23.1. The van der Waals surface area contributed by atoms with Crippen molar-refractivity contribution in [2.75, 3.05) is 0 Å². The number of rotatable bonds is 6. The normalized spacial score (nSPS) is 23.8. The average Bonchev–Trinajstić information content (AvgIpc) is 2.82. The summed E-state index contributed by atoms with van der Waals surface area (Å²) in [5.74, 6) is 0.942. The Morgan fingerprint density at radius 2 is 1.40 bits per heavy atom. The Morgan fingerprint density at radius 3 is 1.90 bits per heavy atom. The number of carbonyl (C=O) groups excluding carboxylic acids is 3. The third-order valence-electron chi connectivity index (χ3n) is 9.11. The summed E-state index contributed by atoms with van der Waals surface area (Å²) in [5, 5.41) is 0. The van der Waals surface area contributed by atoms with E-state index >= 15 is 0 Å². The third-order valence-corrected chi connectivity index (χ3v) is 9.11. The zero-order chi connectivity index (χ0) is 32.3. The van der Waals surface area contributed by atoms with Gasteiger partial charge in [-0.2, -0.15) is 0 Å². The Bertz CT molecular complexity index is 1160. The van der Waals surface area contributed by atoms with E-state index in [2.05, 4.69) is 86.6 Å². The van der Waals surface area contributed by atoms with Gasteiger partial charge in [0.2, 0.25) is 0 Å². The van der Waals surface area contributed by atoms with Gasteiger partial charge >= 0.3 is 0 Å². The van der Waals surface area contributed by atoms with Crippen LogP contribution in [-0.2, 0) is 14.4 Å². The molecule has 0 bridgehead atoms. The summed E-state index contributed by atoms with van der Waals surface area (Å²) in [5.41, 5.74) is 7.70. The number of carbonyl (C=O) groups is 3. The molecule has 0 aromatic heterocycles. The zero-order valence-electron chi connectivity index (χ0n) is 29.0. The molecule has 1 atom stereocenters. The first-order valence-electron chi connectivity index (χ1n) is 15.9. The van der Waals surface area contributed by atoms with Gasteiger partial charge in [-0.3, -0.25) is 14.4 Å². The Morgan fingerprint density at radius 1 is 0.810 bits per heavy atom. The molecule has 1 unspecified atom stereocenters. The highest BCUT2D eigenvalue weighted by molar-refractivity contribution is 5.88. The van der Waals surface area contributed by atoms with Gasteiger partial charge in [0, 0.05) is 12.3 Å². The van der Waals surface area contributed by atoms with Crippen molar-refractivity contribution in [3.05, 3.63) is 70.4 Å². The van der Waals surface area contributed by atoms with Crippen molar-refractivity contribution >= 4 is 17.3 Å². The van der Waals surface area contributed by atoms with E-state index < -0.39 is 0 Å². The summed E-state index contributed by atoms with van der Waals surface area (Å²) in [4.78, 5) is 32.7. The predicted octanol–water partition coefficient (Wildman–Crippen LogP) is 10.8. The highest BCUT2D eigenvalue weighted by Crippen LogP contribution is 2.42. The van der Waals surface area contributed by atoms with E-state index in [1.54, 1.807) is 32.9 Å². The van der Waals surface area contributed by atoms with Gasteiger partial charge in [0.1, 0.15) is 5.78 Å². The van der Waals surface area contributed by atoms with Gasteiger partial charge in [0.25, 0.3) is 0 Å². The van der Waals surface area contributed by atoms with Crippen LogP contribution in [0.3, 0.4) is 0 Å². The van der Waals surface area contributed by atoms with E-state index in [1.165, 1.54) is 66.4 Å². The largest absolute Gasteiger partial charge is 0.300 e. The molecule has 0 aromatic carbocycles. The Labute approximate surface area is 258 Å². The van der Waals surface area contributed by atoms with Crippen LogP contribution >= 0.6 is 0 Å². The van der Waals surface area contributed by atoms with Gasteiger partial charge in [-0.05, 0) is 126 Å². The number of hydrogen-bond acceptors (Lipinski definition) is 3. The number of Topliss-reactive ketones (excluding diaryl/α,β-unsaturated/α-hetero) is 1. The highest BCUT2D eigenvalue weighted by Gasteiger charge is 2.31. The Hall–Kier alpha value is -2.55. The van der Waals surface area contributed by atoms with Gasteiger partial charge in [-0.25, -0.2) is 0 Å². The standard InChI is InChI=1S/3C13H20O/c3*1-10-6-5-9-13(3,4)12(10)8-7-11(2)14/h7-8H,5-6,9H2,1-4H3;6,8H,5,7,9H2,1-4H3;6-8,12H,5,9H2,1-4H3/b8-7+;12-8+;8-7+. The molecule has 0 radical (unpaired) electrons. The first-order chi connectivity index (χ1) is 19.3. The molecule has 3 nitrogen and oxygen atoms in total. The van der Waals surface area contributed by atoms with Gasteiger partial charge in [-0.15, -0.1) is 0 Å². The van der Waals surface area contributed by atoms with Crippen LogP contribution in [0.2, 0.25) is 0 Å². The molecular formula is C39H60O3. The smallest absolute Gasteiger partial charge is 0.152 e. The van der Waals surface area contributed by atoms with E-state index in [1.807, 2.05) is 6.08 Å². The van der Waals surface area contributed by atoms with E-state index in [0.717, 1.165) is 6.42 Å². The third kappa shape index (κ3) is 12.4. The fraction of sp³-hybridized carbons (Fsp3) is 0.615. The van der Waals surface area contributed by atoms with Gasteiger partial charge < -0.3 is 0 Å². The van der Waals surface area contributed by atoms with Gasteiger partial charge in [0.15, 0.2) is 11.6 Å². The van der Waals surface area contributed by atoms with E-state index in [4.69, 9.17) is 0 Å². The van der Waals surface area contributed by atoms with Crippen LogP contribution in [0.4, 0.5) is 0 Å². The molecule has 0 aromatic rings. The number of ketones is 3. The second kappa shape index (κ2) is 16.3. The maximum absolute atomic E-state index is 10.9. The SMILES string of the molecule is CC(=O)/C=C/C1=C(C)CCCC1(C)C.CC(=O)/C=C/C1C(C)=CCCC1(C)C.CC(=O)C/C=C1\C(C)=CCCC1(C)C. The molecule has 0 saturated heterocycles. The molecule has 3 heteroatoms. The topological polar surface area (TPSA) is 51.2 Å². The molecule has 0 N–H and O–H groups in total. The quantitative estimate of drug-likeness (QED) is 0.233. The first-order valence-corrected chi connectivity index (χ1v) is 15.9. The van der Waals surface area contributed by atoms with Crippen LogP contribution in [0, 0.1) is 22.2 Å². The van der Waals surface area contributed by atoms with Gasteiger partial charge in [-0.1, -0.05) is 88.6 Å². The fourth-order valence-corrected chi connectivity index (χ4v) is 6.54. The molecule has 234 valence electrons. The van der Waals surface area contributed by atoms with Crippen molar-refractivity contribution in [1.29, 1.82) is 0 Å². The van der Waals surface area contributed by atoms with E-state index in [9.17, 15) is 14.4 Å². The Balaban J connectivity index is 0.000000315. The number of hydrogen-bond donors (Lipinski definition) is 0. The van der Waals surface area contributed by atoms with Crippen LogP contribution in [0.1, 0.15) is 134 Å². The summed E-state index contributed by atoms with van der Waals surface area (Å²) >= 11 is 0. The van der Waals surface area contributed by atoms with Crippen LogP contribution in [-0.4, -0.2) is 17.3 Å². The second-order valence-corrected chi connectivity index (χ2v) is 14.6. The average molecular weight is 577 g/mol. The lowest BCUT2D eigenvalue weighted by Gasteiger charge is -2.36. The summed E-state index contributed by atoms with van der Waals surface area (Å²) in [6.45, 7) is 24.9. The van der Waals surface area contributed by atoms with Crippen molar-refractivity contribution in [2.45, 2.75) is 134 Å². The van der Waals surface area contributed by atoms with E-state index in [0.29, 0.717) is 17.8 Å². The van der Waals surface area contributed by atoms with Gasteiger partial charge in [0.05, 0.1) is 0 Å². The van der Waals surface area contributed by atoms with Crippen molar-refractivity contribution in [3.63, 3.8) is 0 Å². The van der Waals surface area contributed by atoms with Crippen molar-refractivity contribution in [1.82, 2.24) is 0 Å². The molecule has 3 aliphatic carbocycles. The molecule has 0 saturated carbocycles. The second-order valence-electron chi connectivity index (χ2n) is 14.6. The molecule has 0 aliphatic heterocycles. The maximum atomic E-state index is 10.9. The fourth-order valence-electron chi connectivity index (χ4n) is 6.54. The van der Waals surface area contributed by atoms with Crippen LogP contribution in [0.15, 0.2) is 70.4 Å². The molecular weight excluding hydrogens is 516 g/mol. The van der Waals surface area contributed by atoms with Crippen molar-refractivity contribution in [3.8, 4) is 0 Å². The Kier molecular flexibility index (Phi) is 14.6. The van der Waals surface area contributed by atoms with Crippen molar-refractivity contribution in [2.24, 2.45) is 22.2 Å². The van der Waals surface area contributed by atoms with E-state index in [-0.39, 0.29) is 28.2 Å². The predicted molar refractivity (Wildman–Crippen MR) is 180 cm³/mol. The monoisotopic (exact) mass is 576 g/mol. The summed E-state index contributed by atoms with van der Waals surface area (Å²) in [7, 11) is 0. The lowest BCUT2D eigenvalue weighted by molar-refractivity contribution is -0.116. The van der Waals surface area contributed by atoms with Crippen molar-refractivity contribution < 1.29 is 14.4 Å². The lowest BCUT2D eigenvalue weighted by Crippen LogP contribution is -2.26. The molecule has 0 amide bonds. The summed E-state index contributed by atoms with van der Waals surface area (Å²) < 4.78 is 0. The minimum atomic E-state index is 0.131. The number of allylic oxidation sites excluding steroid dienone is 12. The molecule has 0 spiro atoms. The van der Waals surface area contributed by atoms with Crippen LogP contribution in [0.25, 0.3) is 0 Å². The molecule has 0 heterocycles. The summed E-state index contributed by atoms with van der Waals surface area (Å²) in [6, 6.07) is 0. The highest BCUT2D eigenvalue weighted by atomic mass is 16.1. The molecule has 3 aliphatic rings. The maximum Gasteiger partial charge on any atom is 0.152 e. The lowest BCUT2D eigenvalue weighted by atomic mass is 9.68. The minimum Gasteiger partial charge on any atom is -0.300 e. The molecule has 0 fully saturated rings. The van der Waals surface area contributed by atoms with Crippen LogP contribution in [0.5, 0.6) is 0 Å². The zero-order valence-corrected chi connectivity index (χ0v) is 29.0. The molecule has 42 heavy (non-hydrogen) atoms. The minimum absolute atomic E-state index is 0.131.